The Hall–Kier alpha value is -0.870. The minimum Gasteiger partial charge on any atom is -0.330 e. The molecule has 1 aliphatic heterocycles. The van der Waals surface area contributed by atoms with Crippen LogP contribution in [-0.2, 0) is 0 Å². The summed E-state index contributed by atoms with van der Waals surface area (Å²) >= 11 is 0. The Bertz CT molecular complexity index is 339. The van der Waals surface area contributed by atoms with Gasteiger partial charge in [-0.2, -0.15) is 0 Å². The molecule has 0 bridgehead atoms. The van der Waals surface area contributed by atoms with Crippen molar-refractivity contribution in [2.24, 2.45) is 0 Å². The standard InChI is InChI=1S/C13H24N4/c1-11(6-8-16(2)3)17-10-14-9-13(17)12-5-4-7-15-12/h9-12,15H,4-8H2,1-3H3/t11?,12-/m0/s1. The first kappa shape index (κ1) is 12.6. The van der Waals surface area contributed by atoms with E-state index in [1.807, 2.05) is 12.5 Å². The Kier molecular flexibility index (Phi) is 4.18. The number of nitrogens with one attached hydrogen (secondary N) is 1. The maximum absolute atomic E-state index is 4.32. The molecule has 0 amide bonds. The fraction of sp³-hybridized carbons (Fsp3) is 0.769. The average Bonchev–Trinajstić information content (AvgIpc) is 2.94. The van der Waals surface area contributed by atoms with Gasteiger partial charge in [0.1, 0.15) is 0 Å². The molecule has 96 valence electrons. The molecule has 0 radical (unpaired) electrons. The van der Waals surface area contributed by atoms with Crippen LogP contribution in [0.2, 0.25) is 0 Å². The quantitative estimate of drug-likeness (QED) is 0.846. The minimum atomic E-state index is 0.513. The summed E-state index contributed by atoms with van der Waals surface area (Å²) in [5.41, 5.74) is 1.36. The highest BCUT2D eigenvalue weighted by Gasteiger charge is 2.21. The van der Waals surface area contributed by atoms with E-state index in [1.165, 1.54) is 25.0 Å². The molecule has 1 unspecified atom stereocenters. The van der Waals surface area contributed by atoms with Gasteiger partial charge in [-0.25, -0.2) is 4.98 Å². The summed E-state index contributed by atoms with van der Waals surface area (Å²) in [7, 11) is 4.25. The molecule has 1 N–H and O–H groups in total. The second kappa shape index (κ2) is 5.65. The highest BCUT2D eigenvalue weighted by Crippen LogP contribution is 2.25. The Morgan fingerprint density at radius 3 is 3.06 bits per heavy atom. The lowest BCUT2D eigenvalue weighted by Crippen LogP contribution is -2.21. The molecule has 2 heterocycles. The molecule has 4 heteroatoms. The van der Waals surface area contributed by atoms with Gasteiger partial charge in [0.25, 0.3) is 0 Å². The first-order valence-corrected chi connectivity index (χ1v) is 6.58. The summed E-state index contributed by atoms with van der Waals surface area (Å²) in [6.07, 6.45) is 7.70. The number of nitrogens with zero attached hydrogens (tertiary/aromatic N) is 3. The van der Waals surface area contributed by atoms with Crippen LogP contribution in [0.1, 0.15) is 44.0 Å². The van der Waals surface area contributed by atoms with Crippen molar-refractivity contribution in [1.29, 1.82) is 0 Å². The van der Waals surface area contributed by atoms with Gasteiger partial charge in [0, 0.05) is 18.3 Å². The zero-order chi connectivity index (χ0) is 12.3. The van der Waals surface area contributed by atoms with E-state index in [0.29, 0.717) is 12.1 Å². The van der Waals surface area contributed by atoms with Gasteiger partial charge in [0.05, 0.1) is 12.0 Å². The summed E-state index contributed by atoms with van der Waals surface area (Å²) in [5, 5.41) is 3.55. The largest absolute Gasteiger partial charge is 0.330 e. The summed E-state index contributed by atoms with van der Waals surface area (Å²) in [4.78, 5) is 6.56. The number of aromatic nitrogens is 2. The maximum atomic E-state index is 4.32. The van der Waals surface area contributed by atoms with Gasteiger partial charge in [-0.1, -0.05) is 0 Å². The maximum Gasteiger partial charge on any atom is 0.0951 e. The second-order valence-electron chi connectivity index (χ2n) is 5.32. The molecule has 4 nitrogen and oxygen atoms in total. The van der Waals surface area contributed by atoms with Crippen molar-refractivity contribution in [2.45, 2.75) is 38.3 Å². The number of hydrogen-bond donors (Lipinski definition) is 1. The number of imidazole rings is 1. The van der Waals surface area contributed by atoms with Crippen molar-refractivity contribution in [3.8, 4) is 0 Å². The SMILES string of the molecule is CC(CCN(C)C)n1cncc1[C@@H]1CCCN1. The van der Waals surface area contributed by atoms with Crippen molar-refractivity contribution in [2.75, 3.05) is 27.2 Å². The highest BCUT2D eigenvalue weighted by molar-refractivity contribution is 5.08. The minimum absolute atomic E-state index is 0.513. The Morgan fingerprint density at radius 1 is 1.59 bits per heavy atom. The third-order valence-corrected chi connectivity index (χ3v) is 3.58. The average molecular weight is 236 g/mol. The molecular weight excluding hydrogens is 212 g/mol. The Morgan fingerprint density at radius 2 is 2.41 bits per heavy atom. The van der Waals surface area contributed by atoms with Crippen molar-refractivity contribution in [3.63, 3.8) is 0 Å². The lowest BCUT2D eigenvalue weighted by molar-refractivity contribution is 0.351. The zero-order valence-corrected chi connectivity index (χ0v) is 11.2. The van der Waals surface area contributed by atoms with Crippen LogP contribution in [0.25, 0.3) is 0 Å². The first-order valence-electron chi connectivity index (χ1n) is 6.58. The molecular formula is C13H24N4. The smallest absolute Gasteiger partial charge is 0.0951 e. The van der Waals surface area contributed by atoms with E-state index in [0.717, 1.165) is 13.1 Å². The first-order chi connectivity index (χ1) is 8.18. The van der Waals surface area contributed by atoms with E-state index < -0.39 is 0 Å². The van der Waals surface area contributed by atoms with Gasteiger partial charge < -0.3 is 14.8 Å². The molecule has 1 fully saturated rings. The highest BCUT2D eigenvalue weighted by atomic mass is 15.1. The van der Waals surface area contributed by atoms with E-state index in [1.54, 1.807) is 0 Å². The van der Waals surface area contributed by atoms with Gasteiger partial charge >= 0.3 is 0 Å². The van der Waals surface area contributed by atoms with Crippen LogP contribution in [0.4, 0.5) is 0 Å². The Balaban J connectivity index is 2.02. The van der Waals surface area contributed by atoms with E-state index in [-0.39, 0.29) is 0 Å². The third kappa shape index (κ3) is 3.07. The molecule has 2 atom stereocenters. The monoisotopic (exact) mass is 236 g/mol. The van der Waals surface area contributed by atoms with E-state index in [9.17, 15) is 0 Å². The van der Waals surface area contributed by atoms with Crippen LogP contribution in [0.3, 0.4) is 0 Å². The predicted octanol–water partition coefficient (Wildman–Crippen LogP) is 1.82. The molecule has 1 aromatic heterocycles. The number of hydrogen-bond acceptors (Lipinski definition) is 3. The predicted molar refractivity (Wildman–Crippen MR) is 70.1 cm³/mol. The van der Waals surface area contributed by atoms with E-state index in [2.05, 4.69) is 40.8 Å². The van der Waals surface area contributed by atoms with Gasteiger partial charge in [-0.3, -0.25) is 0 Å². The van der Waals surface area contributed by atoms with Crippen molar-refractivity contribution < 1.29 is 0 Å². The fourth-order valence-corrected chi connectivity index (χ4v) is 2.47. The van der Waals surface area contributed by atoms with Crippen LogP contribution >= 0.6 is 0 Å². The van der Waals surface area contributed by atoms with Crippen molar-refractivity contribution in [3.05, 3.63) is 18.2 Å². The summed E-state index contributed by atoms with van der Waals surface area (Å²) in [6.45, 7) is 4.54. The van der Waals surface area contributed by atoms with Crippen LogP contribution in [0.5, 0.6) is 0 Å². The van der Waals surface area contributed by atoms with E-state index in [4.69, 9.17) is 0 Å². The van der Waals surface area contributed by atoms with Gasteiger partial charge in [-0.05, 0) is 53.4 Å². The topological polar surface area (TPSA) is 33.1 Å². The Labute approximate surface area is 104 Å². The van der Waals surface area contributed by atoms with Crippen molar-refractivity contribution in [1.82, 2.24) is 19.8 Å². The van der Waals surface area contributed by atoms with Crippen LogP contribution in [-0.4, -0.2) is 41.6 Å². The zero-order valence-electron chi connectivity index (χ0n) is 11.2. The lowest BCUT2D eigenvalue weighted by Gasteiger charge is -2.21. The second-order valence-corrected chi connectivity index (χ2v) is 5.32. The summed E-state index contributed by atoms with van der Waals surface area (Å²) < 4.78 is 2.34. The molecule has 1 aromatic rings. The molecule has 0 spiro atoms. The van der Waals surface area contributed by atoms with Crippen molar-refractivity contribution >= 4 is 0 Å². The molecule has 0 aliphatic carbocycles. The van der Waals surface area contributed by atoms with Gasteiger partial charge in [0.15, 0.2) is 0 Å². The molecule has 1 saturated heterocycles. The van der Waals surface area contributed by atoms with Crippen LogP contribution < -0.4 is 5.32 Å². The van der Waals surface area contributed by atoms with Gasteiger partial charge in [-0.15, -0.1) is 0 Å². The van der Waals surface area contributed by atoms with E-state index >= 15 is 0 Å². The summed E-state index contributed by atoms with van der Waals surface area (Å²) in [5.74, 6) is 0. The molecule has 1 aliphatic rings. The van der Waals surface area contributed by atoms with Crippen LogP contribution in [0, 0.1) is 0 Å². The van der Waals surface area contributed by atoms with Gasteiger partial charge in [0.2, 0.25) is 0 Å². The molecule has 0 aromatic carbocycles. The number of rotatable bonds is 5. The lowest BCUT2D eigenvalue weighted by atomic mass is 10.1. The van der Waals surface area contributed by atoms with Crippen LogP contribution in [0.15, 0.2) is 12.5 Å². The third-order valence-electron chi connectivity index (χ3n) is 3.58. The molecule has 17 heavy (non-hydrogen) atoms. The fourth-order valence-electron chi connectivity index (χ4n) is 2.47. The summed E-state index contributed by atoms with van der Waals surface area (Å²) in [6, 6.07) is 1.04. The molecule has 0 saturated carbocycles. The molecule has 2 rings (SSSR count). The normalized spacial score (nSPS) is 22.2.